The summed E-state index contributed by atoms with van der Waals surface area (Å²) in [6.07, 6.45) is 0.470. The van der Waals surface area contributed by atoms with Gasteiger partial charge in [0.15, 0.2) is 12.4 Å². The lowest BCUT2D eigenvalue weighted by Gasteiger charge is -2.09. The number of ether oxygens (including phenoxy) is 2. The first-order chi connectivity index (χ1) is 12.0. The molecule has 0 unspecified atom stereocenters. The van der Waals surface area contributed by atoms with E-state index >= 15 is 0 Å². The Labute approximate surface area is 148 Å². The Hall–Kier alpha value is -2.40. The number of benzene rings is 1. The highest BCUT2D eigenvalue weighted by Crippen LogP contribution is 2.18. The second-order valence-corrected chi connectivity index (χ2v) is 5.94. The second kappa shape index (κ2) is 8.62. The molecule has 2 aromatic rings. The summed E-state index contributed by atoms with van der Waals surface area (Å²) in [5.74, 6) is 0.603. The van der Waals surface area contributed by atoms with Crippen LogP contribution in [0.2, 0.25) is 0 Å². The standard InChI is InChI=1S/C20H25NO4/c1-5-19(22)16-6-8-17(9-7-16)25-13-20(23)18-12-14(2)21(15(18)3)10-11-24-4/h6-9,12H,5,10-11,13H2,1-4H3. The van der Waals surface area contributed by atoms with Gasteiger partial charge in [-0.1, -0.05) is 6.92 Å². The van der Waals surface area contributed by atoms with E-state index < -0.39 is 0 Å². The smallest absolute Gasteiger partial charge is 0.202 e. The number of hydrogen-bond donors (Lipinski definition) is 0. The maximum absolute atomic E-state index is 12.5. The number of carbonyl (C=O) groups is 2. The Bertz CT molecular complexity index is 744. The zero-order valence-electron chi connectivity index (χ0n) is 15.3. The number of hydrogen-bond acceptors (Lipinski definition) is 4. The molecule has 5 heteroatoms. The number of Topliss-reactive ketones (excluding diaryl/α,β-unsaturated/α-hetero) is 2. The highest BCUT2D eigenvalue weighted by atomic mass is 16.5. The molecule has 25 heavy (non-hydrogen) atoms. The Morgan fingerprint density at radius 2 is 1.76 bits per heavy atom. The molecule has 0 atom stereocenters. The quantitative estimate of drug-likeness (QED) is 0.653. The van der Waals surface area contributed by atoms with Gasteiger partial charge in [0.25, 0.3) is 0 Å². The molecular weight excluding hydrogens is 318 g/mol. The molecular formula is C20H25NO4. The molecule has 1 aromatic heterocycles. The Kier molecular flexibility index (Phi) is 6.53. The first-order valence-electron chi connectivity index (χ1n) is 8.42. The van der Waals surface area contributed by atoms with Crippen LogP contribution in [0.3, 0.4) is 0 Å². The highest BCUT2D eigenvalue weighted by molar-refractivity contribution is 5.98. The molecule has 0 spiro atoms. The average molecular weight is 343 g/mol. The molecule has 0 saturated carbocycles. The molecule has 134 valence electrons. The SMILES string of the molecule is CCC(=O)c1ccc(OCC(=O)c2cc(C)n(CCOC)c2C)cc1. The number of carbonyl (C=O) groups excluding carboxylic acids is 2. The summed E-state index contributed by atoms with van der Waals surface area (Å²) in [6.45, 7) is 7.02. The number of methoxy groups -OCH3 is 1. The van der Waals surface area contributed by atoms with Crippen molar-refractivity contribution in [3.63, 3.8) is 0 Å². The van der Waals surface area contributed by atoms with Crippen molar-refractivity contribution in [2.45, 2.75) is 33.7 Å². The Morgan fingerprint density at radius 3 is 2.36 bits per heavy atom. The van der Waals surface area contributed by atoms with Gasteiger partial charge >= 0.3 is 0 Å². The van der Waals surface area contributed by atoms with Crippen LogP contribution in [0, 0.1) is 13.8 Å². The van der Waals surface area contributed by atoms with Crippen LogP contribution in [-0.4, -0.2) is 36.5 Å². The molecule has 0 saturated heterocycles. The number of nitrogens with zero attached hydrogens (tertiary/aromatic N) is 1. The van der Waals surface area contributed by atoms with Crippen LogP contribution in [0.1, 0.15) is 45.4 Å². The minimum Gasteiger partial charge on any atom is -0.485 e. The van der Waals surface area contributed by atoms with E-state index in [1.54, 1.807) is 31.4 Å². The van der Waals surface area contributed by atoms with E-state index in [0.717, 1.165) is 17.9 Å². The van der Waals surface area contributed by atoms with Gasteiger partial charge < -0.3 is 14.0 Å². The van der Waals surface area contributed by atoms with Gasteiger partial charge in [0.1, 0.15) is 5.75 Å². The van der Waals surface area contributed by atoms with E-state index in [1.807, 2.05) is 26.8 Å². The molecule has 0 aliphatic heterocycles. The Balaban J connectivity index is 2.02. The molecule has 0 N–H and O–H groups in total. The molecule has 1 aromatic carbocycles. The molecule has 0 bridgehead atoms. The molecule has 1 heterocycles. The molecule has 0 amide bonds. The summed E-state index contributed by atoms with van der Waals surface area (Å²) in [4.78, 5) is 24.1. The lowest BCUT2D eigenvalue weighted by molar-refractivity contribution is 0.0919. The molecule has 0 radical (unpaired) electrons. The van der Waals surface area contributed by atoms with E-state index in [2.05, 4.69) is 4.57 Å². The van der Waals surface area contributed by atoms with Crippen LogP contribution in [0.25, 0.3) is 0 Å². The molecule has 5 nitrogen and oxygen atoms in total. The van der Waals surface area contributed by atoms with E-state index in [9.17, 15) is 9.59 Å². The minimum atomic E-state index is -0.0644. The monoisotopic (exact) mass is 343 g/mol. The fourth-order valence-corrected chi connectivity index (χ4v) is 2.78. The van der Waals surface area contributed by atoms with E-state index in [1.165, 1.54) is 0 Å². The van der Waals surface area contributed by atoms with Gasteiger partial charge in [-0.05, 0) is 44.2 Å². The van der Waals surface area contributed by atoms with E-state index in [-0.39, 0.29) is 18.2 Å². The third kappa shape index (κ3) is 4.57. The lowest BCUT2D eigenvalue weighted by atomic mass is 10.1. The van der Waals surface area contributed by atoms with Crippen LogP contribution in [-0.2, 0) is 11.3 Å². The van der Waals surface area contributed by atoms with E-state index in [4.69, 9.17) is 9.47 Å². The van der Waals surface area contributed by atoms with Crippen LogP contribution >= 0.6 is 0 Å². The normalized spacial score (nSPS) is 10.7. The van der Waals surface area contributed by atoms with Gasteiger partial charge in [-0.15, -0.1) is 0 Å². The van der Waals surface area contributed by atoms with Crippen LogP contribution in [0.5, 0.6) is 5.75 Å². The van der Waals surface area contributed by atoms with Crippen molar-refractivity contribution in [1.82, 2.24) is 4.57 Å². The highest BCUT2D eigenvalue weighted by Gasteiger charge is 2.16. The number of aromatic nitrogens is 1. The summed E-state index contributed by atoms with van der Waals surface area (Å²) < 4.78 is 12.8. The zero-order chi connectivity index (χ0) is 18.4. The fraction of sp³-hybridized carbons (Fsp3) is 0.400. The van der Waals surface area contributed by atoms with Gasteiger partial charge in [0.2, 0.25) is 5.78 Å². The van der Waals surface area contributed by atoms with Crippen molar-refractivity contribution >= 4 is 11.6 Å². The number of aryl methyl sites for hydroxylation is 1. The van der Waals surface area contributed by atoms with Crippen molar-refractivity contribution in [2.75, 3.05) is 20.3 Å². The summed E-state index contributed by atoms with van der Waals surface area (Å²) in [5, 5.41) is 0. The predicted molar refractivity (Wildman–Crippen MR) is 96.7 cm³/mol. The molecule has 0 aliphatic rings. The molecule has 0 aliphatic carbocycles. The van der Waals surface area contributed by atoms with Crippen molar-refractivity contribution in [2.24, 2.45) is 0 Å². The minimum absolute atomic E-state index is 0.0321. The van der Waals surface area contributed by atoms with Crippen molar-refractivity contribution < 1.29 is 19.1 Å². The molecule has 0 fully saturated rings. The predicted octanol–water partition coefficient (Wildman–Crippen LogP) is 3.61. The van der Waals surface area contributed by atoms with Gasteiger partial charge in [0, 0.05) is 42.6 Å². The van der Waals surface area contributed by atoms with Gasteiger partial charge in [-0.25, -0.2) is 0 Å². The summed E-state index contributed by atoms with van der Waals surface area (Å²) in [5.41, 5.74) is 3.28. The van der Waals surface area contributed by atoms with Crippen LogP contribution < -0.4 is 4.74 Å². The maximum Gasteiger partial charge on any atom is 0.202 e. The maximum atomic E-state index is 12.5. The summed E-state index contributed by atoms with van der Waals surface area (Å²) >= 11 is 0. The Morgan fingerprint density at radius 1 is 1.08 bits per heavy atom. The average Bonchev–Trinajstić information content (AvgIpc) is 2.91. The number of rotatable bonds is 9. The number of ketones is 2. The van der Waals surface area contributed by atoms with E-state index in [0.29, 0.717) is 29.9 Å². The summed E-state index contributed by atoms with van der Waals surface area (Å²) in [7, 11) is 1.66. The summed E-state index contributed by atoms with van der Waals surface area (Å²) in [6, 6.07) is 8.78. The van der Waals surface area contributed by atoms with Crippen molar-refractivity contribution in [3.8, 4) is 5.75 Å². The zero-order valence-corrected chi connectivity index (χ0v) is 15.3. The molecule has 2 rings (SSSR count). The van der Waals surface area contributed by atoms with Crippen molar-refractivity contribution in [1.29, 1.82) is 0 Å². The van der Waals surface area contributed by atoms with Gasteiger partial charge in [0.05, 0.1) is 6.61 Å². The van der Waals surface area contributed by atoms with Gasteiger partial charge in [-0.3, -0.25) is 9.59 Å². The second-order valence-electron chi connectivity index (χ2n) is 5.94. The first-order valence-corrected chi connectivity index (χ1v) is 8.42. The van der Waals surface area contributed by atoms with Crippen molar-refractivity contribution in [3.05, 3.63) is 52.8 Å². The largest absolute Gasteiger partial charge is 0.485 e. The van der Waals surface area contributed by atoms with Crippen LogP contribution in [0.4, 0.5) is 0 Å². The lowest BCUT2D eigenvalue weighted by Crippen LogP contribution is -2.13. The fourth-order valence-electron chi connectivity index (χ4n) is 2.78. The third-order valence-corrected chi connectivity index (χ3v) is 4.26. The third-order valence-electron chi connectivity index (χ3n) is 4.26. The van der Waals surface area contributed by atoms with Gasteiger partial charge in [-0.2, -0.15) is 0 Å². The first kappa shape index (κ1) is 18.9. The van der Waals surface area contributed by atoms with Crippen LogP contribution in [0.15, 0.2) is 30.3 Å². The topological polar surface area (TPSA) is 57.5 Å².